The highest BCUT2D eigenvalue weighted by Crippen LogP contribution is 2.18. The molecule has 0 radical (unpaired) electrons. The topological polar surface area (TPSA) is 63.6 Å². The van der Waals surface area contributed by atoms with Crippen molar-refractivity contribution in [3.05, 3.63) is 34.1 Å². The Balaban J connectivity index is 2.33. The van der Waals surface area contributed by atoms with Crippen molar-refractivity contribution in [3.63, 3.8) is 0 Å². The van der Waals surface area contributed by atoms with Crippen molar-refractivity contribution in [2.75, 3.05) is 0 Å². The summed E-state index contributed by atoms with van der Waals surface area (Å²) in [7, 11) is 1.81. The van der Waals surface area contributed by atoms with Gasteiger partial charge in [0, 0.05) is 13.2 Å². The molecule has 0 fully saturated rings. The number of nitrogens with one attached hydrogen (secondary N) is 1. The van der Waals surface area contributed by atoms with Gasteiger partial charge in [0.25, 0.3) is 5.56 Å². The van der Waals surface area contributed by atoms with Crippen molar-refractivity contribution in [1.29, 1.82) is 0 Å². The third-order valence-corrected chi connectivity index (χ3v) is 3.28. The Morgan fingerprint density at radius 3 is 3.06 bits per heavy atom. The Morgan fingerprint density at radius 2 is 2.31 bits per heavy atom. The van der Waals surface area contributed by atoms with Crippen molar-refractivity contribution in [3.8, 4) is 11.5 Å². The number of nitrogens with zero attached hydrogens (tertiary/aromatic N) is 3. The van der Waals surface area contributed by atoms with E-state index in [0.29, 0.717) is 10.5 Å². The van der Waals surface area contributed by atoms with E-state index in [0.717, 1.165) is 11.2 Å². The van der Waals surface area contributed by atoms with Crippen LogP contribution in [0.4, 0.5) is 0 Å². The summed E-state index contributed by atoms with van der Waals surface area (Å²) in [4.78, 5) is 18.9. The quantitative estimate of drug-likeness (QED) is 0.689. The third kappa shape index (κ3) is 1.27. The van der Waals surface area contributed by atoms with Crippen LogP contribution in [0.15, 0.2) is 28.5 Å². The summed E-state index contributed by atoms with van der Waals surface area (Å²) in [5.41, 5.74) is 1.42. The Labute approximate surface area is 94.4 Å². The first-order chi connectivity index (χ1) is 7.75. The average Bonchev–Trinajstić information content (AvgIpc) is 2.85. The van der Waals surface area contributed by atoms with Gasteiger partial charge < -0.3 is 4.98 Å². The van der Waals surface area contributed by atoms with Gasteiger partial charge in [-0.05, 0) is 17.5 Å². The van der Waals surface area contributed by atoms with Crippen LogP contribution in [0.3, 0.4) is 0 Å². The molecule has 0 aromatic carbocycles. The minimum atomic E-state index is -0.101. The van der Waals surface area contributed by atoms with Gasteiger partial charge in [0.15, 0.2) is 5.82 Å². The van der Waals surface area contributed by atoms with E-state index >= 15 is 0 Å². The molecule has 0 bridgehead atoms. The minimum absolute atomic E-state index is 0.101. The molecule has 0 unspecified atom stereocenters. The molecule has 0 saturated carbocycles. The van der Waals surface area contributed by atoms with Crippen LogP contribution in [0, 0.1) is 0 Å². The zero-order chi connectivity index (χ0) is 11.1. The number of aromatic nitrogens is 4. The first kappa shape index (κ1) is 9.29. The molecule has 0 aliphatic heterocycles. The lowest BCUT2D eigenvalue weighted by atomic mass is 10.3. The molecule has 3 aromatic rings. The fourth-order valence-electron chi connectivity index (χ4n) is 1.60. The largest absolute Gasteiger partial charge is 0.304 e. The predicted octanol–water partition coefficient (Wildman–Crippen LogP) is 1.39. The molecular weight excluding hydrogens is 224 g/mol. The summed E-state index contributed by atoms with van der Waals surface area (Å²) < 4.78 is 2.34. The van der Waals surface area contributed by atoms with Crippen LogP contribution in [0.5, 0.6) is 0 Å². The number of aryl methyl sites for hydroxylation is 1. The molecule has 0 aliphatic rings. The molecule has 0 spiro atoms. The van der Waals surface area contributed by atoms with Gasteiger partial charge in [-0.25, -0.2) is 4.98 Å². The zero-order valence-electron chi connectivity index (χ0n) is 8.47. The van der Waals surface area contributed by atoms with E-state index in [2.05, 4.69) is 15.1 Å². The molecule has 6 heteroatoms. The third-order valence-electron chi connectivity index (χ3n) is 2.38. The molecule has 5 nitrogen and oxygen atoms in total. The van der Waals surface area contributed by atoms with Gasteiger partial charge in [0.1, 0.15) is 10.4 Å². The van der Waals surface area contributed by atoms with Crippen LogP contribution in [0.1, 0.15) is 0 Å². The fraction of sp³-hybridized carbons (Fsp3) is 0.100. The molecule has 0 saturated heterocycles. The van der Waals surface area contributed by atoms with Gasteiger partial charge in [0.2, 0.25) is 0 Å². The number of aromatic amines is 1. The molecule has 3 aromatic heterocycles. The van der Waals surface area contributed by atoms with Gasteiger partial charge in [-0.2, -0.15) is 5.10 Å². The molecular formula is C10H8N4OS. The van der Waals surface area contributed by atoms with Gasteiger partial charge >= 0.3 is 0 Å². The molecule has 0 aliphatic carbocycles. The maximum absolute atomic E-state index is 11.8. The maximum Gasteiger partial charge on any atom is 0.269 e. The van der Waals surface area contributed by atoms with Gasteiger partial charge in [-0.1, -0.05) is 0 Å². The minimum Gasteiger partial charge on any atom is -0.304 e. The maximum atomic E-state index is 11.8. The number of thiophene rings is 1. The summed E-state index contributed by atoms with van der Waals surface area (Å²) in [5, 5.41) is 5.91. The van der Waals surface area contributed by atoms with Crippen molar-refractivity contribution in [2.45, 2.75) is 0 Å². The lowest BCUT2D eigenvalue weighted by molar-refractivity contribution is 0.770. The smallest absolute Gasteiger partial charge is 0.269 e. The van der Waals surface area contributed by atoms with Gasteiger partial charge in [0.05, 0.1) is 5.52 Å². The monoisotopic (exact) mass is 232 g/mol. The fourth-order valence-corrected chi connectivity index (χ4v) is 2.33. The van der Waals surface area contributed by atoms with E-state index < -0.39 is 0 Å². The lowest BCUT2D eigenvalue weighted by Gasteiger charge is -2.00. The van der Waals surface area contributed by atoms with E-state index in [-0.39, 0.29) is 5.56 Å². The van der Waals surface area contributed by atoms with E-state index in [4.69, 9.17) is 0 Å². The van der Waals surface area contributed by atoms with Crippen molar-refractivity contribution in [1.82, 2.24) is 19.7 Å². The Kier molecular flexibility index (Phi) is 1.90. The second-order valence-electron chi connectivity index (χ2n) is 3.39. The second kappa shape index (κ2) is 3.28. The first-order valence-electron chi connectivity index (χ1n) is 4.71. The molecule has 3 heterocycles. The molecule has 1 N–H and O–H groups in total. The van der Waals surface area contributed by atoms with Crippen LogP contribution in [-0.2, 0) is 7.05 Å². The number of hydrogen-bond acceptors (Lipinski definition) is 4. The summed E-state index contributed by atoms with van der Waals surface area (Å²) in [6, 6.07) is 3.66. The highest BCUT2D eigenvalue weighted by Gasteiger charge is 2.09. The highest BCUT2D eigenvalue weighted by molar-refractivity contribution is 7.17. The van der Waals surface area contributed by atoms with Crippen LogP contribution in [0.25, 0.3) is 21.7 Å². The van der Waals surface area contributed by atoms with E-state index in [1.807, 2.05) is 24.6 Å². The Bertz CT molecular complexity index is 709. The van der Waals surface area contributed by atoms with Crippen LogP contribution >= 0.6 is 11.3 Å². The van der Waals surface area contributed by atoms with Crippen LogP contribution < -0.4 is 5.56 Å². The Morgan fingerprint density at radius 1 is 1.44 bits per heavy atom. The molecule has 80 valence electrons. The average molecular weight is 232 g/mol. The number of H-pyrrole nitrogens is 1. The summed E-state index contributed by atoms with van der Waals surface area (Å²) in [5.74, 6) is 0.552. The number of rotatable bonds is 1. The number of hydrogen-bond donors (Lipinski definition) is 1. The predicted molar refractivity (Wildman–Crippen MR) is 62.4 cm³/mol. The Hall–Kier alpha value is -1.95. The molecule has 0 amide bonds. The van der Waals surface area contributed by atoms with Crippen molar-refractivity contribution < 1.29 is 0 Å². The lowest BCUT2D eigenvalue weighted by Crippen LogP contribution is -2.09. The molecule has 16 heavy (non-hydrogen) atoms. The summed E-state index contributed by atoms with van der Waals surface area (Å²) >= 11 is 1.40. The second-order valence-corrected chi connectivity index (χ2v) is 4.31. The van der Waals surface area contributed by atoms with Gasteiger partial charge in [-0.15, -0.1) is 11.3 Å². The molecule has 0 atom stereocenters. The number of fused-ring (bicyclic) bond motifs is 1. The first-order valence-corrected chi connectivity index (χ1v) is 5.59. The van der Waals surface area contributed by atoms with Crippen LogP contribution in [0.2, 0.25) is 0 Å². The van der Waals surface area contributed by atoms with E-state index in [9.17, 15) is 4.79 Å². The molecule has 3 rings (SSSR count). The van der Waals surface area contributed by atoms with E-state index in [1.165, 1.54) is 11.3 Å². The highest BCUT2D eigenvalue weighted by atomic mass is 32.1. The van der Waals surface area contributed by atoms with Crippen LogP contribution in [-0.4, -0.2) is 19.7 Å². The normalized spacial score (nSPS) is 11.1. The zero-order valence-corrected chi connectivity index (χ0v) is 9.28. The SMILES string of the molecule is Cn1nccc1-c1nc2ccsc2c(=O)[nH]1. The van der Waals surface area contributed by atoms with Crippen molar-refractivity contribution >= 4 is 21.6 Å². The summed E-state index contributed by atoms with van der Waals surface area (Å²) in [6.07, 6.45) is 1.67. The standard InChI is InChI=1S/C10H8N4OS/c1-14-7(2-4-11-14)9-12-6-3-5-16-8(6)10(15)13-9/h2-5H,1H3,(H,12,13,15). The van der Waals surface area contributed by atoms with Crippen molar-refractivity contribution in [2.24, 2.45) is 7.05 Å². The summed E-state index contributed by atoms with van der Waals surface area (Å²) in [6.45, 7) is 0. The van der Waals surface area contributed by atoms with Gasteiger partial charge in [-0.3, -0.25) is 9.48 Å². The van der Waals surface area contributed by atoms with E-state index in [1.54, 1.807) is 10.9 Å².